The summed E-state index contributed by atoms with van der Waals surface area (Å²) in [5, 5.41) is 3.38. The van der Waals surface area contributed by atoms with E-state index >= 15 is 0 Å². The summed E-state index contributed by atoms with van der Waals surface area (Å²) in [6.45, 7) is 5.76. The summed E-state index contributed by atoms with van der Waals surface area (Å²) < 4.78 is 11.2. The molecule has 2 aliphatic rings. The van der Waals surface area contributed by atoms with Crippen LogP contribution in [-0.2, 0) is 9.47 Å². The smallest absolute Gasteiger partial charge is 0.169 e. The molecule has 12 heavy (non-hydrogen) atoms. The maximum absolute atomic E-state index is 5.62. The molecule has 3 heteroatoms. The van der Waals surface area contributed by atoms with Crippen molar-refractivity contribution in [3.8, 4) is 0 Å². The van der Waals surface area contributed by atoms with Gasteiger partial charge in [0.25, 0.3) is 0 Å². The molecular formula is C9H17NO2. The predicted octanol–water partition coefficient (Wildman–Crippen LogP) is 0.749. The second-order valence-corrected chi connectivity index (χ2v) is 3.76. The summed E-state index contributed by atoms with van der Waals surface area (Å²) in [5.74, 6) is 0.238. The second-order valence-electron chi connectivity index (χ2n) is 3.76. The fourth-order valence-corrected chi connectivity index (χ4v) is 2.07. The molecule has 1 N–H and O–H groups in total. The fraction of sp³-hybridized carbons (Fsp3) is 1.00. The molecule has 1 unspecified atom stereocenters. The van der Waals surface area contributed by atoms with E-state index in [1.165, 1.54) is 12.8 Å². The Morgan fingerprint density at radius 2 is 2.08 bits per heavy atom. The summed E-state index contributed by atoms with van der Waals surface area (Å²) in [6, 6.07) is 0. The van der Waals surface area contributed by atoms with Crippen LogP contribution in [-0.4, -0.2) is 32.1 Å². The van der Waals surface area contributed by atoms with E-state index in [9.17, 15) is 0 Å². The normalized spacial score (nSPS) is 35.2. The first-order valence-corrected chi connectivity index (χ1v) is 4.80. The highest BCUT2D eigenvalue weighted by atomic mass is 16.7. The SMILES string of the molecule is CC1(C2CCCNC2)OCCO1. The second kappa shape index (κ2) is 3.32. The van der Waals surface area contributed by atoms with Gasteiger partial charge < -0.3 is 14.8 Å². The monoisotopic (exact) mass is 171 g/mol. The van der Waals surface area contributed by atoms with Crippen LogP contribution in [0.25, 0.3) is 0 Å². The minimum atomic E-state index is -0.298. The van der Waals surface area contributed by atoms with Crippen molar-refractivity contribution in [3.05, 3.63) is 0 Å². The van der Waals surface area contributed by atoms with Crippen molar-refractivity contribution in [1.29, 1.82) is 0 Å². The first-order chi connectivity index (χ1) is 5.81. The zero-order valence-corrected chi connectivity index (χ0v) is 7.64. The lowest BCUT2D eigenvalue weighted by Gasteiger charge is -2.35. The average molecular weight is 171 g/mol. The van der Waals surface area contributed by atoms with E-state index in [1.54, 1.807) is 0 Å². The van der Waals surface area contributed by atoms with Gasteiger partial charge in [-0.2, -0.15) is 0 Å². The number of hydrogen-bond donors (Lipinski definition) is 1. The van der Waals surface area contributed by atoms with Gasteiger partial charge in [-0.05, 0) is 26.3 Å². The fourth-order valence-electron chi connectivity index (χ4n) is 2.07. The Hall–Kier alpha value is -0.120. The number of ether oxygens (including phenoxy) is 2. The van der Waals surface area contributed by atoms with Crippen LogP contribution in [0.3, 0.4) is 0 Å². The molecule has 2 heterocycles. The van der Waals surface area contributed by atoms with E-state index in [0.29, 0.717) is 5.92 Å². The van der Waals surface area contributed by atoms with Gasteiger partial charge in [0.15, 0.2) is 5.79 Å². The topological polar surface area (TPSA) is 30.5 Å². The Morgan fingerprint density at radius 1 is 1.33 bits per heavy atom. The Morgan fingerprint density at radius 3 is 2.67 bits per heavy atom. The van der Waals surface area contributed by atoms with Crippen molar-refractivity contribution in [2.75, 3.05) is 26.3 Å². The van der Waals surface area contributed by atoms with Crippen molar-refractivity contribution >= 4 is 0 Å². The summed E-state index contributed by atoms with van der Waals surface area (Å²) >= 11 is 0. The molecule has 0 aromatic rings. The first kappa shape index (κ1) is 8.48. The van der Waals surface area contributed by atoms with E-state index in [1.807, 2.05) is 0 Å². The van der Waals surface area contributed by atoms with Gasteiger partial charge in [0.05, 0.1) is 13.2 Å². The van der Waals surface area contributed by atoms with Crippen molar-refractivity contribution < 1.29 is 9.47 Å². The number of hydrogen-bond acceptors (Lipinski definition) is 3. The molecule has 2 aliphatic heterocycles. The summed E-state index contributed by atoms with van der Waals surface area (Å²) in [6.07, 6.45) is 2.47. The molecule has 0 amide bonds. The Labute approximate surface area is 73.4 Å². The van der Waals surface area contributed by atoms with Crippen LogP contribution in [0.5, 0.6) is 0 Å². The van der Waals surface area contributed by atoms with Gasteiger partial charge in [0, 0.05) is 12.5 Å². The molecule has 0 radical (unpaired) electrons. The van der Waals surface area contributed by atoms with Gasteiger partial charge in [-0.25, -0.2) is 0 Å². The Balaban J connectivity index is 1.96. The van der Waals surface area contributed by atoms with Gasteiger partial charge in [-0.3, -0.25) is 0 Å². The molecule has 2 saturated heterocycles. The van der Waals surface area contributed by atoms with Crippen LogP contribution in [0.15, 0.2) is 0 Å². The molecule has 0 aromatic carbocycles. The van der Waals surface area contributed by atoms with E-state index in [4.69, 9.17) is 9.47 Å². The molecule has 0 bridgehead atoms. The average Bonchev–Trinajstić information content (AvgIpc) is 2.55. The summed E-state index contributed by atoms with van der Waals surface area (Å²) in [7, 11) is 0. The van der Waals surface area contributed by atoms with Gasteiger partial charge in [0.2, 0.25) is 0 Å². The highest BCUT2D eigenvalue weighted by Gasteiger charge is 2.39. The zero-order valence-electron chi connectivity index (χ0n) is 7.64. The van der Waals surface area contributed by atoms with Crippen molar-refractivity contribution in [3.63, 3.8) is 0 Å². The molecule has 0 saturated carbocycles. The van der Waals surface area contributed by atoms with E-state index in [0.717, 1.165) is 26.3 Å². The van der Waals surface area contributed by atoms with Crippen LogP contribution < -0.4 is 5.32 Å². The van der Waals surface area contributed by atoms with Crippen molar-refractivity contribution in [2.45, 2.75) is 25.6 Å². The van der Waals surface area contributed by atoms with E-state index in [2.05, 4.69) is 12.2 Å². The van der Waals surface area contributed by atoms with E-state index < -0.39 is 0 Å². The van der Waals surface area contributed by atoms with Crippen LogP contribution in [0.1, 0.15) is 19.8 Å². The first-order valence-electron chi connectivity index (χ1n) is 4.80. The predicted molar refractivity (Wildman–Crippen MR) is 45.9 cm³/mol. The number of nitrogens with one attached hydrogen (secondary N) is 1. The minimum Gasteiger partial charge on any atom is -0.347 e. The van der Waals surface area contributed by atoms with Crippen LogP contribution in [0.2, 0.25) is 0 Å². The molecule has 70 valence electrons. The lowest BCUT2D eigenvalue weighted by molar-refractivity contribution is -0.184. The third kappa shape index (κ3) is 1.49. The van der Waals surface area contributed by atoms with Crippen LogP contribution in [0.4, 0.5) is 0 Å². The van der Waals surface area contributed by atoms with E-state index in [-0.39, 0.29) is 5.79 Å². The Kier molecular flexibility index (Phi) is 2.35. The molecule has 0 aliphatic carbocycles. The maximum Gasteiger partial charge on any atom is 0.169 e. The van der Waals surface area contributed by atoms with Crippen molar-refractivity contribution in [2.24, 2.45) is 5.92 Å². The maximum atomic E-state index is 5.62. The molecule has 2 rings (SSSR count). The third-order valence-corrected chi connectivity index (χ3v) is 2.90. The minimum absolute atomic E-state index is 0.298. The lowest BCUT2D eigenvalue weighted by Crippen LogP contribution is -2.44. The summed E-state index contributed by atoms with van der Waals surface area (Å²) in [5.41, 5.74) is 0. The molecule has 3 nitrogen and oxygen atoms in total. The van der Waals surface area contributed by atoms with Gasteiger partial charge in [0.1, 0.15) is 0 Å². The highest BCUT2D eigenvalue weighted by molar-refractivity contribution is 4.82. The zero-order chi connectivity index (χ0) is 8.44. The third-order valence-electron chi connectivity index (χ3n) is 2.90. The molecule has 0 aromatic heterocycles. The molecule has 0 spiro atoms. The number of rotatable bonds is 1. The Bertz CT molecular complexity index is 149. The molecular weight excluding hydrogens is 154 g/mol. The van der Waals surface area contributed by atoms with Gasteiger partial charge in [-0.1, -0.05) is 0 Å². The highest BCUT2D eigenvalue weighted by Crippen LogP contribution is 2.31. The van der Waals surface area contributed by atoms with Crippen LogP contribution in [0, 0.1) is 5.92 Å². The van der Waals surface area contributed by atoms with Gasteiger partial charge in [-0.15, -0.1) is 0 Å². The lowest BCUT2D eigenvalue weighted by atomic mass is 9.92. The molecule has 1 atom stereocenters. The molecule has 2 fully saturated rings. The standard InChI is InChI=1S/C9H17NO2/c1-9(11-5-6-12-9)8-3-2-4-10-7-8/h8,10H,2-7H2,1H3. The van der Waals surface area contributed by atoms with Gasteiger partial charge >= 0.3 is 0 Å². The largest absolute Gasteiger partial charge is 0.347 e. The number of piperidine rings is 1. The van der Waals surface area contributed by atoms with Crippen LogP contribution >= 0.6 is 0 Å². The summed E-state index contributed by atoms with van der Waals surface area (Å²) in [4.78, 5) is 0. The quantitative estimate of drug-likeness (QED) is 0.631. The van der Waals surface area contributed by atoms with Crippen molar-refractivity contribution in [1.82, 2.24) is 5.32 Å².